The van der Waals surface area contributed by atoms with E-state index in [-0.39, 0.29) is 5.91 Å². The first-order valence-corrected chi connectivity index (χ1v) is 12.5. The zero-order chi connectivity index (χ0) is 24.8. The van der Waals surface area contributed by atoms with Crippen molar-refractivity contribution >= 4 is 22.7 Å². The number of hydrogen-bond donors (Lipinski definition) is 0. The molecule has 3 aromatic rings. The van der Waals surface area contributed by atoms with Crippen LogP contribution in [-0.2, 0) is 22.3 Å². The van der Waals surface area contributed by atoms with E-state index in [1.807, 2.05) is 78.6 Å². The Morgan fingerprint density at radius 3 is 2.14 bits per heavy atom. The summed E-state index contributed by atoms with van der Waals surface area (Å²) in [5.74, 6) is 1.92. The minimum atomic E-state index is -1.56. The van der Waals surface area contributed by atoms with E-state index in [2.05, 4.69) is 4.90 Å². The van der Waals surface area contributed by atoms with Crippen LogP contribution in [0.5, 0.6) is 17.2 Å². The van der Waals surface area contributed by atoms with Crippen LogP contribution in [0.15, 0.2) is 71.6 Å². The molecule has 1 fully saturated rings. The summed E-state index contributed by atoms with van der Waals surface area (Å²) >= 11 is -1.56. The summed E-state index contributed by atoms with van der Waals surface area (Å²) in [5.41, 5.74) is 3.05. The highest BCUT2D eigenvalue weighted by atomic mass is 32.2. The first-order valence-electron chi connectivity index (χ1n) is 11.5. The number of benzene rings is 3. The van der Waals surface area contributed by atoms with Gasteiger partial charge in [-0.1, -0.05) is 23.8 Å². The maximum atomic E-state index is 12.8. The summed E-state index contributed by atoms with van der Waals surface area (Å²) < 4.78 is 28.6. The van der Waals surface area contributed by atoms with Gasteiger partial charge in [-0.05, 0) is 61.0 Å². The molecule has 0 saturated carbocycles. The van der Waals surface area contributed by atoms with Crippen LogP contribution < -0.4 is 18.6 Å². The molecule has 0 spiro atoms. The van der Waals surface area contributed by atoms with E-state index in [0.29, 0.717) is 41.7 Å². The molecule has 184 valence electrons. The summed E-state index contributed by atoms with van der Waals surface area (Å²) in [6.07, 6.45) is 0.324. The minimum absolute atomic E-state index is 0.0965. The normalized spacial score (nSPS) is 14.4. The molecule has 1 amide bonds. The summed E-state index contributed by atoms with van der Waals surface area (Å²) in [7, 11) is 3.18. The highest BCUT2D eigenvalue weighted by molar-refractivity contribution is 7.80. The second-order valence-corrected chi connectivity index (χ2v) is 9.47. The zero-order valence-corrected chi connectivity index (χ0v) is 21.0. The van der Waals surface area contributed by atoms with Crippen LogP contribution >= 0.6 is 0 Å². The van der Waals surface area contributed by atoms with Crippen LogP contribution in [0.2, 0.25) is 0 Å². The van der Waals surface area contributed by atoms with Gasteiger partial charge in [-0.3, -0.25) is 4.79 Å². The standard InChI is InChI=1S/C27H30N2O5S/c1-20-4-11-24(12-5-20)35(31)34-23-9-7-22(8-10-23)28-14-16-29(17-15-28)27(30)19-21-6-13-25(32-2)26(18-21)33-3/h4-13,18H,14-17,19H2,1-3H3. The summed E-state index contributed by atoms with van der Waals surface area (Å²) in [6, 6.07) is 20.6. The summed E-state index contributed by atoms with van der Waals surface area (Å²) in [5, 5.41) is 0. The molecule has 3 aromatic carbocycles. The number of carbonyl (C=O) groups is 1. The lowest BCUT2D eigenvalue weighted by atomic mass is 10.1. The Labute approximate surface area is 208 Å². The molecule has 0 radical (unpaired) electrons. The zero-order valence-electron chi connectivity index (χ0n) is 20.2. The number of anilines is 1. The van der Waals surface area contributed by atoms with Crippen molar-refractivity contribution in [3.63, 3.8) is 0 Å². The van der Waals surface area contributed by atoms with Crippen molar-refractivity contribution < 1.29 is 22.7 Å². The Morgan fingerprint density at radius 2 is 1.51 bits per heavy atom. The number of amides is 1. The van der Waals surface area contributed by atoms with Gasteiger partial charge in [-0.15, -0.1) is 0 Å². The highest BCUT2D eigenvalue weighted by Crippen LogP contribution is 2.28. The van der Waals surface area contributed by atoms with Gasteiger partial charge in [0.05, 0.1) is 25.5 Å². The lowest BCUT2D eigenvalue weighted by Crippen LogP contribution is -2.49. The second kappa shape index (κ2) is 11.3. The third-order valence-corrected chi connectivity index (χ3v) is 7.02. The van der Waals surface area contributed by atoms with E-state index < -0.39 is 11.1 Å². The highest BCUT2D eigenvalue weighted by Gasteiger charge is 2.22. The number of ether oxygens (including phenoxy) is 2. The SMILES string of the molecule is COc1ccc(CC(=O)N2CCN(c3ccc(OS(=O)c4ccc(C)cc4)cc3)CC2)cc1OC. The average molecular weight is 495 g/mol. The molecule has 1 heterocycles. The fourth-order valence-electron chi connectivity index (χ4n) is 3.99. The molecule has 7 nitrogen and oxygen atoms in total. The molecule has 1 unspecified atom stereocenters. The Morgan fingerprint density at radius 1 is 0.857 bits per heavy atom. The van der Waals surface area contributed by atoms with Crippen molar-refractivity contribution in [2.45, 2.75) is 18.2 Å². The van der Waals surface area contributed by atoms with Crippen LogP contribution in [-0.4, -0.2) is 55.4 Å². The minimum Gasteiger partial charge on any atom is -0.493 e. The van der Waals surface area contributed by atoms with Crippen molar-refractivity contribution in [3.8, 4) is 17.2 Å². The number of aryl methyl sites for hydroxylation is 1. The van der Waals surface area contributed by atoms with Crippen LogP contribution in [0, 0.1) is 6.92 Å². The quantitative estimate of drug-likeness (QED) is 0.472. The predicted octanol–water partition coefficient (Wildman–Crippen LogP) is 4.01. The van der Waals surface area contributed by atoms with Crippen molar-refractivity contribution in [1.29, 1.82) is 0 Å². The van der Waals surface area contributed by atoms with E-state index in [1.54, 1.807) is 14.2 Å². The summed E-state index contributed by atoms with van der Waals surface area (Å²) in [6.45, 7) is 4.78. The molecule has 1 aliphatic heterocycles. The van der Waals surface area contributed by atoms with Crippen LogP contribution in [0.4, 0.5) is 5.69 Å². The van der Waals surface area contributed by atoms with Gasteiger partial charge in [0.25, 0.3) is 0 Å². The van der Waals surface area contributed by atoms with Crippen LogP contribution in [0.25, 0.3) is 0 Å². The Bertz CT molecular complexity index is 1170. The fourth-order valence-corrected chi connectivity index (χ4v) is 4.73. The molecule has 0 aromatic heterocycles. The van der Waals surface area contributed by atoms with E-state index in [9.17, 15) is 9.00 Å². The monoisotopic (exact) mass is 494 g/mol. The number of methoxy groups -OCH3 is 2. The predicted molar refractivity (Wildman–Crippen MR) is 137 cm³/mol. The summed E-state index contributed by atoms with van der Waals surface area (Å²) in [4.78, 5) is 17.6. The van der Waals surface area contributed by atoms with Gasteiger partial charge >= 0.3 is 0 Å². The van der Waals surface area contributed by atoms with E-state index in [1.165, 1.54) is 0 Å². The lowest BCUT2D eigenvalue weighted by Gasteiger charge is -2.36. The maximum absolute atomic E-state index is 12.8. The number of hydrogen-bond acceptors (Lipinski definition) is 6. The molecule has 35 heavy (non-hydrogen) atoms. The third kappa shape index (κ3) is 6.14. The van der Waals surface area contributed by atoms with Crippen molar-refractivity contribution in [2.24, 2.45) is 0 Å². The topological polar surface area (TPSA) is 68.3 Å². The molecule has 0 bridgehead atoms. The Hall–Kier alpha value is -3.52. The van der Waals surface area contributed by atoms with Crippen LogP contribution in [0.1, 0.15) is 11.1 Å². The first-order chi connectivity index (χ1) is 17.0. The van der Waals surface area contributed by atoms with Gasteiger partial charge in [0.1, 0.15) is 5.75 Å². The van der Waals surface area contributed by atoms with Crippen molar-refractivity contribution in [3.05, 3.63) is 77.9 Å². The molecular weight excluding hydrogens is 464 g/mol. The number of piperazine rings is 1. The largest absolute Gasteiger partial charge is 0.493 e. The van der Waals surface area contributed by atoms with Gasteiger partial charge in [0.2, 0.25) is 17.0 Å². The maximum Gasteiger partial charge on any atom is 0.240 e. The smallest absolute Gasteiger partial charge is 0.240 e. The first kappa shape index (κ1) is 24.6. The lowest BCUT2D eigenvalue weighted by molar-refractivity contribution is -0.130. The number of rotatable bonds is 8. The molecule has 4 rings (SSSR count). The van der Waals surface area contributed by atoms with Crippen molar-refractivity contribution in [2.75, 3.05) is 45.3 Å². The van der Waals surface area contributed by atoms with Crippen LogP contribution in [0.3, 0.4) is 0 Å². The van der Waals surface area contributed by atoms with Gasteiger partial charge in [-0.25, -0.2) is 4.21 Å². The van der Waals surface area contributed by atoms with Gasteiger partial charge in [0.15, 0.2) is 11.5 Å². The molecule has 1 saturated heterocycles. The average Bonchev–Trinajstić information content (AvgIpc) is 2.89. The molecular formula is C27H30N2O5S. The fraction of sp³-hybridized carbons (Fsp3) is 0.296. The van der Waals surface area contributed by atoms with Gasteiger partial charge < -0.3 is 23.5 Å². The second-order valence-electron chi connectivity index (χ2n) is 8.36. The van der Waals surface area contributed by atoms with E-state index in [4.69, 9.17) is 13.7 Å². The van der Waals surface area contributed by atoms with Gasteiger partial charge in [-0.2, -0.15) is 0 Å². The molecule has 1 aliphatic rings. The molecule has 1 atom stereocenters. The third-order valence-electron chi connectivity index (χ3n) is 6.02. The van der Waals surface area contributed by atoms with Gasteiger partial charge in [0, 0.05) is 31.9 Å². The number of carbonyl (C=O) groups excluding carboxylic acids is 1. The van der Waals surface area contributed by atoms with E-state index >= 15 is 0 Å². The number of nitrogens with zero attached hydrogens (tertiary/aromatic N) is 2. The Kier molecular flexibility index (Phi) is 7.92. The Balaban J connectivity index is 1.29. The molecule has 0 aliphatic carbocycles. The molecule has 0 N–H and O–H groups in total. The molecule has 8 heteroatoms. The van der Waals surface area contributed by atoms with E-state index in [0.717, 1.165) is 29.9 Å². The van der Waals surface area contributed by atoms with Crippen molar-refractivity contribution in [1.82, 2.24) is 4.90 Å².